The molecule has 1 aromatic heterocycles. The zero-order chi connectivity index (χ0) is 29.4. The molecule has 41 heavy (non-hydrogen) atoms. The molecule has 0 saturated carbocycles. The van der Waals surface area contributed by atoms with Crippen LogP contribution in [0.15, 0.2) is 84.1 Å². The number of aromatic amines is 1. The number of nitrogens with two attached hydrogens (primary N) is 1. The van der Waals surface area contributed by atoms with Crippen LogP contribution in [0.5, 0.6) is 0 Å². The van der Waals surface area contributed by atoms with Crippen molar-refractivity contribution in [2.75, 3.05) is 13.2 Å². The van der Waals surface area contributed by atoms with Gasteiger partial charge in [-0.05, 0) is 44.2 Å². The highest BCUT2D eigenvalue weighted by Crippen LogP contribution is 2.31. The molecule has 4 N–H and O–H groups in total. The maximum absolute atomic E-state index is 13.0. The monoisotopic (exact) mass is 554 g/mol. The number of carbonyl (C=O) groups is 2. The van der Waals surface area contributed by atoms with Crippen molar-refractivity contribution in [2.45, 2.75) is 46.6 Å². The number of hydrogen-bond donors (Lipinski definition) is 3. The largest absolute Gasteiger partial charge is 0.461 e. The molecule has 0 fully saturated rings. The van der Waals surface area contributed by atoms with Gasteiger partial charge in [0.05, 0.1) is 18.9 Å². The van der Waals surface area contributed by atoms with Crippen LogP contribution in [0, 0.1) is 5.92 Å². The Morgan fingerprint density at radius 1 is 1.05 bits per heavy atom. The van der Waals surface area contributed by atoms with Crippen LogP contribution >= 0.6 is 0 Å². The van der Waals surface area contributed by atoms with Gasteiger partial charge in [-0.15, -0.1) is 0 Å². The normalized spacial score (nSPS) is 15.9. The zero-order valence-electron chi connectivity index (χ0n) is 24.1. The second kappa shape index (κ2) is 13.7. The molecule has 8 nitrogen and oxygen atoms in total. The fourth-order valence-electron chi connectivity index (χ4n) is 4.93. The Morgan fingerprint density at radius 2 is 1.78 bits per heavy atom. The van der Waals surface area contributed by atoms with Gasteiger partial charge in [0, 0.05) is 22.7 Å². The quantitative estimate of drug-likeness (QED) is 0.196. The van der Waals surface area contributed by atoms with Gasteiger partial charge in [-0.2, -0.15) is 0 Å². The zero-order valence-corrected chi connectivity index (χ0v) is 24.1. The predicted octanol–water partition coefficient (Wildman–Crippen LogP) is 6.00. The Balaban J connectivity index is 1.82. The Morgan fingerprint density at radius 3 is 2.46 bits per heavy atom. The third kappa shape index (κ3) is 6.77. The van der Waals surface area contributed by atoms with Crippen LogP contribution in [-0.2, 0) is 14.3 Å². The molecule has 214 valence electrons. The number of hydrogen-bond acceptors (Lipinski definition) is 7. The van der Waals surface area contributed by atoms with Gasteiger partial charge < -0.3 is 25.5 Å². The van der Waals surface area contributed by atoms with E-state index in [9.17, 15) is 9.59 Å². The van der Waals surface area contributed by atoms with Crippen LogP contribution in [0.2, 0.25) is 0 Å². The number of esters is 2. The SMILES string of the molecule is CCOC(=O)/C(N)=C(/NC(CC)C1=CC=CCC1C)c1cccc(-c2nc(-c3ccccc3)[nH]c2C(=O)OCC)c1. The van der Waals surface area contributed by atoms with Crippen molar-refractivity contribution in [3.63, 3.8) is 0 Å². The van der Waals surface area contributed by atoms with E-state index in [1.165, 1.54) is 5.57 Å². The van der Waals surface area contributed by atoms with Crippen LogP contribution < -0.4 is 11.1 Å². The molecule has 2 aromatic carbocycles. The summed E-state index contributed by atoms with van der Waals surface area (Å²) in [5.41, 5.74) is 11.0. The van der Waals surface area contributed by atoms with E-state index in [1.807, 2.05) is 54.6 Å². The van der Waals surface area contributed by atoms with E-state index in [1.54, 1.807) is 13.8 Å². The minimum absolute atomic E-state index is 0.0142. The van der Waals surface area contributed by atoms with Crippen molar-refractivity contribution >= 4 is 17.6 Å². The van der Waals surface area contributed by atoms with E-state index in [-0.39, 0.29) is 30.6 Å². The van der Waals surface area contributed by atoms with Crippen molar-refractivity contribution in [3.8, 4) is 22.6 Å². The molecule has 2 unspecified atom stereocenters. The Kier molecular flexibility index (Phi) is 9.79. The summed E-state index contributed by atoms with van der Waals surface area (Å²) in [5.74, 6) is -0.202. The Hall–Kier alpha value is -4.59. The summed E-state index contributed by atoms with van der Waals surface area (Å²) >= 11 is 0. The fourth-order valence-corrected chi connectivity index (χ4v) is 4.93. The lowest BCUT2D eigenvalue weighted by Gasteiger charge is -2.29. The number of carbonyl (C=O) groups excluding carboxylic acids is 2. The minimum atomic E-state index is -0.598. The Bertz CT molecular complexity index is 1470. The van der Waals surface area contributed by atoms with Crippen molar-refractivity contribution < 1.29 is 19.1 Å². The van der Waals surface area contributed by atoms with E-state index in [2.05, 4.69) is 42.4 Å². The lowest BCUT2D eigenvalue weighted by molar-refractivity contribution is -0.138. The molecule has 0 bridgehead atoms. The molecule has 0 aliphatic heterocycles. The lowest BCUT2D eigenvalue weighted by atomic mass is 9.86. The minimum Gasteiger partial charge on any atom is -0.461 e. The van der Waals surface area contributed by atoms with Crippen LogP contribution in [0.3, 0.4) is 0 Å². The van der Waals surface area contributed by atoms with Crippen LogP contribution in [0.4, 0.5) is 0 Å². The second-order valence-electron chi connectivity index (χ2n) is 9.82. The van der Waals surface area contributed by atoms with Crippen LogP contribution in [-0.4, -0.2) is 41.2 Å². The first-order valence-corrected chi connectivity index (χ1v) is 14.1. The van der Waals surface area contributed by atoms with Gasteiger partial charge in [0.1, 0.15) is 17.2 Å². The molecule has 0 radical (unpaired) electrons. The number of aromatic nitrogens is 2. The number of H-pyrrole nitrogens is 1. The molecule has 1 aliphatic rings. The van der Waals surface area contributed by atoms with Crippen molar-refractivity contribution in [3.05, 3.63) is 95.4 Å². The van der Waals surface area contributed by atoms with Crippen molar-refractivity contribution in [2.24, 2.45) is 11.7 Å². The average Bonchev–Trinajstić information content (AvgIpc) is 3.45. The molecule has 3 aromatic rings. The van der Waals surface area contributed by atoms with E-state index in [0.717, 1.165) is 18.4 Å². The third-order valence-corrected chi connectivity index (χ3v) is 7.03. The molecule has 0 amide bonds. The fraction of sp³-hybridized carbons (Fsp3) is 0.303. The van der Waals surface area contributed by atoms with E-state index < -0.39 is 11.9 Å². The summed E-state index contributed by atoms with van der Waals surface area (Å²) in [6.45, 7) is 8.22. The molecule has 8 heteroatoms. The highest BCUT2D eigenvalue weighted by molar-refractivity contribution is 5.98. The first-order chi connectivity index (χ1) is 19.9. The van der Waals surface area contributed by atoms with Crippen molar-refractivity contribution in [1.29, 1.82) is 0 Å². The molecule has 0 spiro atoms. The molecule has 1 heterocycles. The number of rotatable bonds is 11. The summed E-state index contributed by atoms with van der Waals surface area (Å²) in [6, 6.07) is 17.0. The predicted molar refractivity (Wildman–Crippen MR) is 161 cm³/mol. The third-order valence-electron chi connectivity index (χ3n) is 7.03. The molecular formula is C33H38N4O4. The summed E-state index contributed by atoms with van der Waals surface area (Å²) in [4.78, 5) is 33.7. The van der Waals surface area contributed by atoms with Crippen LogP contribution in [0.1, 0.15) is 56.6 Å². The van der Waals surface area contributed by atoms with E-state index >= 15 is 0 Å². The number of nitrogens with one attached hydrogen (secondary N) is 2. The van der Waals surface area contributed by atoms with E-state index in [4.69, 9.17) is 20.2 Å². The molecule has 2 atom stereocenters. The van der Waals surface area contributed by atoms with Gasteiger partial charge in [0.2, 0.25) is 0 Å². The van der Waals surface area contributed by atoms with E-state index in [0.29, 0.717) is 34.3 Å². The van der Waals surface area contributed by atoms with Gasteiger partial charge in [-0.1, -0.05) is 80.6 Å². The maximum atomic E-state index is 13.0. The maximum Gasteiger partial charge on any atom is 0.357 e. The standard InChI is InChI=1S/C33H38N4O4/c1-5-26(25-19-12-11-14-21(25)4)35-28(27(34)32(38)40-6-2)23-17-13-18-24(20-23)29-30(33(39)41-7-3)37-31(36-29)22-15-9-8-10-16-22/h8-13,15-21,26,35H,5-7,14,34H2,1-4H3,(H,36,37)/b28-27-. The number of nitrogens with zero attached hydrogens (tertiary/aromatic N) is 1. The van der Waals surface area contributed by atoms with Gasteiger partial charge in [0.15, 0.2) is 5.69 Å². The highest BCUT2D eigenvalue weighted by Gasteiger charge is 2.25. The topological polar surface area (TPSA) is 119 Å². The van der Waals surface area contributed by atoms with Gasteiger partial charge in [-0.3, -0.25) is 0 Å². The molecule has 4 rings (SSSR count). The highest BCUT2D eigenvalue weighted by atomic mass is 16.5. The number of imidazole rings is 1. The van der Waals surface area contributed by atoms with Gasteiger partial charge >= 0.3 is 11.9 Å². The number of benzene rings is 2. The first kappa shape index (κ1) is 29.4. The summed E-state index contributed by atoms with van der Waals surface area (Å²) in [6.07, 6.45) is 8.09. The van der Waals surface area contributed by atoms with Crippen LogP contribution in [0.25, 0.3) is 28.3 Å². The van der Waals surface area contributed by atoms with Crippen molar-refractivity contribution in [1.82, 2.24) is 15.3 Å². The molecule has 1 aliphatic carbocycles. The summed E-state index contributed by atoms with van der Waals surface area (Å²) in [7, 11) is 0. The lowest BCUT2D eigenvalue weighted by Crippen LogP contribution is -2.34. The van der Waals surface area contributed by atoms with Gasteiger partial charge in [-0.25, -0.2) is 14.6 Å². The smallest absolute Gasteiger partial charge is 0.357 e. The number of allylic oxidation sites excluding steroid dienone is 3. The summed E-state index contributed by atoms with van der Waals surface area (Å²) in [5, 5.41) is 3.56. The average molecular weight is 555 g/mol. The number of ether oxygens (including phenoxy) is 2. The first-order valence-electron chi connectivity index (χ1n) is 14.1. The molecule has 0 saturated heterocycles. The van der Waals surface area contributed by atoms with Gasteiger partial charge in [0.25, 0.3) is 0 Å². The Labute approximate surface area is 241 Å². The molecular weight excluding hydrogens is 516 g/mol. The summed E-state index contributed by atoms with van der Waals surface area (Å²) < 4.78 is 10.6. The second-order valence-corrected chi connectivity index (χ2v) is 9.82.